The van der Waals surface area contributed by atoms with Gasteiger partial charge >= 0.3 is 0 Å². The summed E-state index contributed by atoms with van der Waals surface area (Å²) in [6.45, 7) is 2.06. The first-order chi connectivity index (χ1) is 11.7. The molecular formula is C17H19N3O3S. The van der Waals surface area contributed by atoms with Crippen LogP contribution in [0.4, 0.5) is 0 Å². The summed E-state index contributed by atoms with van der Waals surface area (Å²) in [5.41, 5.74) is 0.0682. The SMILES string of the molecule is O=C(c1ccc(=O)n(CCOc2ccccc2)n1)N1CCSCC1. The number of hydrogen-bond donors (Lipinski definition) is 0. The number of benzene rings is 1. The van der Waals surface area contributed by atoms with E-state index in [0.29, 0.717) is 18.8 Å². The number of thioether (sulfide) groups is 1. The van der Waals surface area contributed by atoms with Crippen LogP contribution in [0.2, 0.25) is 0 Å². The third-order valence-electron chi connectivity index (χ3n) is 3.70. The van der Waals surface area contributed by atoms with Crippen LogP contribution in [0.1, 0.15) is 10.5 Å². The van der Waals surface area contributed by atoms with Gasteiger partial charge in [0.05, 0.1) is 6.54 Å². The second-order valence-electron chi connectivity index (χ2n) is 5.35. The average molecular weight is 345 g/mol. The zero-order valence-corrected chi connectivity index (χ0v) is 14.1. The van der Waals surface area contributed by atoms with E-state index >= 15 is 0 Å². The van der Waals surface area contributed by atoms with E-state index in [1.165, 1.54) is 16.8 Å². The largest absolute Gasteiger partial charge is 0.492 e. The van der Waals surface area contributed by atoms with Crippen LogP contribution in [0, 0.1) is 0 Å². The standard InChI is InChI=1S/C17H19N3O3S/c21-16-7-6-15(17(22)19-9-12-24-13-10-19)18-20(16)8-11-23-14-4-2-1-3-5-14/h1-7H,8-13H2. The highest BCUT2D eigenvalue weighted by atomic mass is 32.2. The molecule has 3 rings (SSSR count). The van der Waals surface area contributed by atoms with Gasteiger partial charge in [-0.3, -0.25) is 9.59 Å². The monoisotopic (exact) mass is 345 g/mol. The molecule has 6 nitrogen and oxygen atoms in total. The molecule has 2 heterocycles. The molecule has 24 heavy (non-hydrogen) atoms. The van der Waals surface area contributed by atoms with Gasteiger partial charge in [-0.25, -0.2) is 4.68 Å². The topological polar surface area (TPSA) is 64.4 Å². The molecule has 1 aromatic carbocycles. The number of ether oxygens (including phenoxy) is 1. The molecule has 1 aromatic heterocycles. The Kier molecular flexibility index (Phi) is 5.53. The molecule has 1 amide bonds. The van der Waals surface area contributed by atoms with Crippen molar-refractivity contribution in [2.24, 2.45) is 0 Å². The van der Waals surface area contributed by atoms with E-state index in [2.05, 4.69) is 5.10 Å². The van der Waals surface area contributed by atoms with E-state index in [1.807, 2.05) is 42.1 Å². The maximum absolute atomic E-state index is 12.5. The van der Waals surface area contributed by atoms with E-state index in [0.717, 1.165) is 30.3 Å². The van der Waals surface area contributed by atoms with Crippen molar-refractivity contribution in [1.82, 2.24) is 14.7 Å². The van der Waals surface area contributed by atoms with E-state index in [9.17, 15) is 9.59 Å². The first-order valence-electron chi connectivity index (χ1n) is 7.87. The van der Waals surface area contributed by atoms with Crippen molar-refractivity contribution < 1.29 is 9.53 Å². The summed E-state index contributed by atoms with van der Waals surface area (Å²) in [4.78, 5) is 26.2. The van der Waals surface area contributed by atoms with E-state index in [4.69, 9.17) is 4.74 Å². The number of carbonyl (C=O) groups excluding carboxylic acids is 1. The summed E-state index contributed by atoms with van der Waals surface area (Å²) in [5.74, 6) is 2.50. The van der Waals surface area contributed by atoms with Crippen molar-refractivity contribution in [3.05, 3.63) is 58.5 Å². The lowest BCUT2D eigenvalue weighted by Crippen LogP contribution is -2.39. The smallest absolute Gasteiger partial charge is 0.274 e. The van der Waals surface area contributed by atoms with Gasteiger partial charge in [0, 0.05) is 30.7 Å². The minimum Gasteiger partial charge on any atom is -0.492 e. The first-order valence-corrected chi connectivity index (χ1v) is 9.02. The van der Waals surface area contributed by atoms with Gasteiger partial charge in [-0.15, -0.1) is 0 Å². The number of rotatable bonds is 5. The number of hydrogen-bond acceptors (Lipinski definition) is 5. The minimum absolute atomic E-state index is 0.118. The third-order valence-corrected chi connectivity index (χ3v) is 4.64. The van der Waals surface area contributed by atoms with Crippen LogP contribution < -0.4 is 10.3 Å². The summed E-state index contributed by atoms with van der Waals surface area (Å²) in [7, 11) is 0. The fourth-order valence-corrected chi connectivity index (χ4v) is 3.32. The Morgan fingerprint density at radius 3 is 2.62 bits per heavy atom. The number of para-hydroxylation sites is 1. The molecule has 0 bridgehead atoms. The molecule has 0 atom stereocenters. The zero-order valence-electron chi connectivity index (χ0n) is 13.3. The Bertz CT molecular complexity index is 742. The first kappa shape index (κ1) is 16.6. The van der Waals surface area contributed by atoms with E-state index < -0.39 is 0 Å². The predicted molar refractivity (Wildman–Crippen MR) is 93.7 cm³/mol. The Balaban J connectivity index is 1.65. The van der Waals surface area contributed by atoms with Crippen LogP contribution in [-0.2, 0) is 6.54 Å². The molecule has 0 aliphatic carbocycles. The van der Waals surface area contributed by atoms with Crippen LogP contribution in [-0.4, -0.2) is 51.8 Å². The molecule has 0 unspecified atom stereocenters. The molecule has 0 radical (unpaired) electrons. The van der Waals surface area contributed by atoms with Crippen LogP contribution in [0.3, 0.4) is 0 Å². The van der Waals surface area contributed by atoms with Gasteiger partial charge in [-0.05, 0) is 18.2 Å². The number of carbonyl (C=O) groups is 1. The average Bonchev–Trinajstić information content (AvgIpc) is 2.64. The van der Waals surface area contributed by atoms with Gasteiger partial charge < -0.3 is 9.64 Å². The predicted octanol–water partition coefficient (Wildman–Crippen LogP) is 1.51. The van der Waals surface area contributed by atoms with Gasteiger partial charge in [0.15, 0.2) is 0 Å². The number of nitrogens with zero attached hydrogens (tertiary/aromatic N) is 3. The third kappa shape index (κ3) is 4.17. The highest BCUT2D eigenvalue weighted by Crippen LogP contribution is 2.11. The normalized spacial score (nSPS) is 14.4. The molecule has 126 valence electrons. The van der Waals surface area contributed by atoms with Crippen molar-refractivity contribution in [1.29, 1.82) is 0 Å². The Hall–Kier alpha value is -2.28. The molecule has 1 aliphatic heterocycles. The lowest BCUT2D eigenvalue weighted by molar-refractivity contribution is 0.0763. The number of amides is 1. The molecule has 1 fully saturated rings. The molecule has 2 aromatic rings. The molecule has 1 aliphatic rings. The molecule has 7 heteroatoms. The fraction of sp³-hybridized carbons (Fsp3) is 0.353. The fourth-order valence-electron chi connectivity index (χ4n) is 2.42. The molecule has 1 saturated heterocycles. The van der Waals surface area contributed by atoms with Crippen LogP contribution in [0.15, 0.2) is 47.3 Å². The zero-order chi connectivity index (χ0) is 16.8. The van der Waals surface area contributed by atoms with E-state index in [1.54, 1.807) is 4.90 Å². The molecule has 0 N–H and O–H groups in total. The van der Waals surface area contributed by atoms with Crippen molar-refractivity contribution in [2.75, 3.05) is 31.2 Å². The Morgan fingerprint density at radius 2 is 1.88 bits per heavy atom. The lowest BCUT2D eigenvalue weighted by Gasteiger charge is -2.26. The molecule has 0 saturated carbocycles. The van der Waals surface area contributed by atoms with Crippen molar-refractivity contribution >= 4 is 17.7 Å². The Labute approximate surface area is 144 Å². The summed E-state index contributed by atoms with van der Waals surface area (Å²) < 4.78 is 6.87. The van der Waals surface area contributed by atoms with Gasteiger partial charge in [0.25, 0.3) is 11.5 Å². The highest BCUT2D eigenvalue weighted by molar-refractivity contribution is 7.99. The van der Waals surface area contributed by atoms with E-state index in [-0.39, 0.29) is 11.5 Å². The van der Waals surface area contributed by atoms with Crippen LogP contribution in [0.25, 0.3) is 0 Å². The summed E-state index contributed by atoms with van der Waals surface area (Å²) in [5, 5.41) is 4.20. The second-order valence-corrected chi connectivity index (χ2v) is 6.57. The molecule has 0 spiro atoms. The summed E-state index contributed by atoms with van der Waals surface area (Å²) in [6.07, 6.45) is 0. The van der Waals surface area contributed by atoms with Crippen molar-refractivity contribution in [3.8, 4) is 5.75 Å². The molecular weight excluding hydrogens is 326 g/mol. The van der Waals surface area contributed by atoms with Crippen LogP contribution in [0.5, 0.6) is 5.75 Å². The minimum atomic E-state index is -0.239. The summed E-state index contributed by atoms with van der Waals surface area (Å²) in [6, 6.07) is 12.3. The van der Waals surface area contributed by atoms with Gasteiger partial charge in [-0.1, -0.05) is 18.2 Å². The van der Waals surface area contributed by atoms with Crippen LogP contribution >= 0.6 is 11.8 Å². The Morgan fingerprint density at radius 1 is 1.12 bits per heavy atom. The number of aromatic nitrogens is 2. The van der Waals surface area contributed by atoms with Gasteiger partial charge in [0.1, 0.15) is 18.1 Å². The summed E-state index contributed by atoms with van der Waals surface area (Å²) >= 11 is 1.84. The second kappa shape index (κ2) is 8.01. The lowest BCUT2D eigenvalue weighted by atomic mass is 10.3. The maximum Gasteiger partial charge on any atom is 0.274 e. The quantitative estimate of drug-likeness (QED) is 0.822. The maximum atomic E-state index is 12.5. The van der Waals surface area contributed by atoms with Crippen molar-refractivity contribution in [2.45, 2.75) is 6.54 Å². The highest BCUT2D eigenvalue weighted by Gasteiger charge is 2.20. The van der Waals surface area contributed by atoms with Gasteiger partial charge in [0.2, 0.25) is 0 Å². The van der Waals surface area contributed by atoms with Gasteiger partial charge in [-0.2, -0.15) is 16.9 Å². The van der Waals surface area contributed by atoms with Crippen molar-refractivity contribution in [3.63, 3.8) is 0 Å².